The molecule has 0 heterocycles. The topological polar surface area (TPSA) is 34.0 Å². The molecule has 0 aliphatic carbocycles. The molecular weight excluding hydrogens is 360 g/mol. The lowest BCUT2D eigenvalue weighted by Crippen LogP contribution is -2.31. The largest absolute Gasteiger partial charge is 0.485 e. The molecule has 134 valence electrons. The molecule has 0 atom stereocenters. The van der Waals surface area contributed by atoms with E-state index in [0.717, 1.165) is 16.8 Å². The minimum atomic E-state index is -0.439. The molecule has 0 amide bonds. The van der Waals surface area contributed by atoms with Gasteiger partial charge in [-0.1, -0.05) is 38.1 Å². The lowest BCUT2D eigenvalue weighted by Gasteiger charge is -2.27. The highest BCUT2D eigenvalue weighted by Crippen LogP contribution is 2.33. The molecule has 0 bridgehead atoms. The van der Waals surface area contributed by atoms with Crippen LogP contribution < -0.4 is 4.74 Å². The van der Waals surface area contributed by atoms with E-state index >= 15 is 0 Å². The van der Waals surface area contributed by atoms with Crippen LogP contribution >= 0.6 is 24.4 Å². The summed E-state index contributed by atoms with van der Waals surface area (Å²) >= 11 is 9.51. The Kier molecular flexibility index (Phi) is 6.96. The molecule has 0 saturated heterocycles. The molecule has 26 heavy (non-hydrogen) atoms. The van der Waals surface area contributed by atoms with Crippen LogP contribution in [0.3, 0.4) is 0 Å². The average Bonchev–Trinajstić information content (AvgIpc) is 2.56. The quantitative estimate of drug-likeness (QED) is 0.396. The van der Waals surface area contributed by atoms with Gasteiger partial charge in [0, 0.05) is 6.42 Å². The lowest BCUT2D eigenvalue weighted by atomic mass is 9.94. The van der Waals surface area contributed by atoms with Crippen LogP contribution in [0.4, 0.5) is 11.4 Å². The fourth-order valence-electron chi connectivity index (χ4n) is 2.84. The first-order chi connectivity index (χ1) is 12.4. The van der Waals surface area contributed by atoms with Crippen LogP contribution in [-0.4, -0.2) is 15.9 Å². The first-order valence-electron chi connectivity index (χ1n) is 8.43. The molecule has 0 unspecified atom stereocenters. The molecule has 0 spiro atoms. The van der Waals surface area contributed by atoms with Crippen molar-refractivity contribution in [2.24, 2.45) is 9.98 Å². The Labute approximate surface area is 165 Å². The Morgan fingerprint density at radius 1 is 1.00 bits per heavy atom. The highest BCUT2D eigenvalue weighted by molar-refractivity contribution is 7.78. The van der Waals surface area contributed by atoms with Gasteiger partial charge < -0.3 is 4.74 Å². The molecule has 0 aliphatic heterocycles. The number of isothiocyanates is 2. The monoisotopic (exact) mass is 382 g/mol. The molecule has 2 rings (SSSR count). The predicted octanol–water partition coefficient (Wildman–Crippen LogP) is 6.68. The molecule has 0 aliphatic rings. The van der Waals surface area contributed by atoms with E-state index in [-0.39, 0.29) is 0 Å². The highest BCUT2D eigenvalue weighted by atomic mass is 32.1. The van der Waals surface area contributed by atoms with Crippen molar-refractivity contribution < 1.29 is 4.74 Å². The smallest absolute Gasteiger partial charge is 0.146 e. The number of benzene rings is 2. The number of hydrogen-bond donors (Lipinski definition) is 0. The number of hydrogen-bond acceptors (Lipinski definition) is 5. The lowest BCUT2D eigenvalue weighted by molar-refractivity contribution is 0.111. The summed E-state index contributed by atoms with van der Waals surface area (Å²) in [6.07, 6.45) is 0.709. The zero-order chi connectivity index (χ0) is 19.2. The average molecular weight is 383 g/mol. The molecule has 0 fully saturated rings. The van der Waals surface area contributed by atoms with E-state index < -0.39 is 5.60 Å². The molecular formula is C21H22N2OS2. The van der Waals surface area contributed by atoms with Crippen LogP contribution in [-0.2, 0) is 6.42 Å². The second-order valence-electron chi connectivity index (χ2n) is 6.96. The fraction of sp³-hybridized carbons (Fsp3) is 0.333. The standard InChI is InChI=1S/C21H22N2OS2/c1-15(2)17-10-9-16(11-19(17)23-14-26)12-21(3,4)24-20-8-6-5-7-18(20)22-13-25/h5-11,15H,12H2,1-4H3. The van der Waals surface area contributed by atoms with Crippen LogP contribution in [0, 0.1) is 0 Å². The first kappa shape index (κ1) is 20.2. The van der Waals surface area contributed by atoms with Crippen molar-refractivity contribution in [1.82, 2.24) is 0 Å². The minimum absolute atomic E-state index is 0.370. The van der Waals surface area contributed by atoms with E-state index in [1.807, 2.05) is 38.1 Å². The summed E-state index contributed by atoms with van der Waals surface area (Å²) in [7, 11) is 0. The summed E-state index contributed by atoms with van der Waals surface area (Å²) in [4.78, 5) is 8.30. The van der Waals surface area contributed by atoms with Crippen LogP contribution in [0.15, 0.2) is 52.4 Å². The summed E-state index contributed by atoms with van der Waals surface area (Å²) in [6, 6.07) is 13.8. The number of rotatable bonds is 7. The van der Waals surface area contributed by atoms with Crippen molar-refractivity contribution in [3.8, 4) is 5.75 Å². The molecule has 5 heteroatoms. The summed E-state index contributed by atoms with van der Waals surface area (Å²) in [5.74, 6) is 1.06. The third kappa shape index (κ3) is 5.42. The molecule has 0 radical (unpaired) electrons. The van der Waals surface area contributed by atoms with Crippen molar-refractivity contribution in [3.05, 3.63) is 53.6 Å². The second-order valence-corrected chi connectivity index (χ2v) is 7.33. The Hall–Kier alpha value is -2.16. The Morgan fingerprint density at radius 3 is 2.31 bits per heavy atom. The SMILES string of the molecule is CC(C)c1ccc(CC(C)(C)Oc2ccccc2N=C=S)cc1N=C=S. The Morgan fingerprint density at radius 2 is 1.65 bits per heavy atom. The maximum Gasteiger partial charge on any atom is 0.146 e. The normalized spacial score (nSPS) is 10.8. The third-order valence-electron chi connectivity index (χ3n) is 3.93. The van der Waals surface area contributed by atoms with E-state index in [4.69, 9.17) is 29.2 Å². The van der Waals surface area contributed by atoms with E-state index in [0.29, 0.717) is 23.8 Å². The van der Waals surface area contributed by atoms with Gasteiger partial charge in [-0.15, -0.1) is 0 Å². The zero-order valence-corrected chi connectivity index (χ0v) is 17.1. The van der Waals surface area contributed by atoms with E-state index in [2.05, 4.69) is 52.4 Å². The summed E-state index contributed by atoms with van der Waals surface area (Å²) < 4.78 is 6.22. The zero-order valence-electron chi connectivity index (χ0n) is 15.4. The van der Waals surface area contributed by atoms with Gasteiger partial charge in [-0.3, -0.25) is 0 Å². The summed E-state index contributed by atoms with van der Waals surface area (Å²) in [6.45, 7) is 8.36. The predicted molar refractivity (Wildman–Crippen MR) is 115 cm³/mol. The third-order valence-corrected chi connectivity index (χ3v) is 4.11. The fourth-order valence-corrected chi connectivity index (χ4v) is 3.04. The minimum Gasteiger partial charge on any atom is -0.485 e. The van der Waals surface area contributed by atoms with Gasteiger partial charge in [0.2, 0.25) is 0 Å². The molecule has 0 saturated carbocycles. The van der Waals surface area contributed by atoms with Crippen LogP contribution in [0.2, 0.25) is 0 Å². The molecule has 0 N–H and O–H groups in total. The molecule has 3 nitrogen and oxygen atoms in total. The molecule has 2 aromatic carbocycles. The van der Waals surface area contributed by atoms with Crippen LogP contribution in [0.1, 0.15) is 44.7 Å². The van der Waals surface area contributed by atoms with Crippen molar-refractivity contribution >= 4 is 46.1 Å². The number of thiocarbonyl (C=S) groups is 2. The number of ether oxygens (including phenoxy) is 1. The van der Waals surface area contributed by atoms with Gasteiger partial charge in [0.1, 0.15) is 17.0 Å². The van der Waals surface area contributed by atoms with E-state index in [9.17, 15) is 0 Å². The summed E-state index contributed by atoms with van der Waals surface area (Å²) in [5, 5.41) is 4.88. The maximum atomic E-state index is 6.22. The van der Waals surface area contributed by atoms with Gasteiger partial charge in [0.25, 0.3) is 0 Å². The van der Waals surface area contributed by atoms with Crippen LogP contribution in [0.25, 0.3) is 0 Å². The van der Waals surface area contributed by atoms with Gasteiger partial charge in [-0.25, -0.2) is 0 Å². The number of nitrogens with zero attached hydrogens (tertiary/aromatic N) is 2. The summed E-state index contributed by atoms with van der Waals surface area (Å²) in [5.41, 5.74) is 3.39. The first-order valence-corrected chi connectivity index (χ1v) is 9.24. The van der Waals surface area contributed by atoms with Gasteiger partial charge in [-0.05, 0) is 73.5 Å². The van der Waals surface area contributed by atoms with Crippen molar-refractivity contribution in [3.63, 3.8) is 0 Å². The van der Waals surface area contributed by atoms with Crippen molar-refractivity contribution in [2.45, 2.75) is 45.6 Å². The Balaban J connectivity index is 2.28. The molecule has 2 aromatic rings. The van der Waals surface area contributed by atoms with Gasteiger partial charge in [0.15, 0.2) is 0 Å². The maximum absolute atomic E-state index is 6.22. The van der Waals surface area contributed by atoms with E-state index in [1.54, 1.807) is 0 Å². The van der Waals surface area contributed by atoms with Crippen molar-refractivity contribution in [2.75, 3.05) is 0 Å². The highest BCUT2D eigenvalue weighted by Gasteiger charge is 2.22. The van der Waals surface area contributed by atoms with Gasteiger partial charge >= 0.3 is 0 Å². The van der Waals surface area contributed by atoms with E-state index in [1.165, 1.54) is 0 Å². The van der Waals surface area contributed by atoms with Gasteiger partial charge in [0.05, 0.1) is 16.0 Å². The number of aliphatic imine (C=N–C) groups is 2. The van der Waals surface area contributed by atoms with Gasteiger partial charge in [-0.2, -0.15) is 9.98 Å². The second kappa shape index (κ2) is 8.98. The number of para-hydroxylation sites is 2. The van der Waals surface area contributed by atoms with Crippen LogP contribution in [0.5, 0.6) is 5.75 Å². The Bertz CT molecular complexity index is 877. The molecule has 0 aromatic heterocycles. The van der Waals surface area contributed by atoms with Crippen molar-refractivity contribution in [1.29, 1.82) is 0 Å².